The van der Waals surface area contributed by atoms with Crippen LogP contribution in [0, 0.1) is 0 Å². The lowest BCUT2D eigenvalue weighted by atomic mass is 10.2. The molecule has 0 saturated carbocycles. The smallest absolute Gasteiger partial charge is 0.339 e. The van der Waals surface area contributed by atoms with Crippen molar-refractivity contribution in [1.29, 1.82) is 0 Å². The minimum Gasteiger partial charge on any atom is -0.486 e. The quantitative estimate of drug-likeness (QED) is 0.798. The molecular weight excluding hydrogens is 260 g/mol. The van der Waals surface area contributed by atoms with Crippen molar-refractivity contribution in [1.82, 2.24) is 0 Å². The van der Waals surface area contributed by atoms with Crippen molar-refractivity contribution in [2.45, 2.75) is 12.2 Å². The number of ether oxygens (including phenoxy) is 1. The number of aromatic carboxylic acids is 1. The highest BCUT2D eigenvalue weighted by molar-refractivity contribution is 7.91. The third-order valence-electron chi connectivity index (χ3n) is 2.67. The van der Waals surface area contributed by atoms with Gasteiger partial charge in [0.05, 0.1) is 11.5 Å². The molecular formula is C11H12O6S. The van der Waals surface area contributed by atoms with E-state index in [2.05, 4.69) is 0 Å². The Labute approximate surface area is 104 Å². The Balaban J connectivity index is 2.23. The monoisotopic (exact) mass is 272 g/mol. The first-order valence-electron chi connectivity index (χ1n) is 5.26. The highest BCUT2D eigenvalue weighted by Crippen LogP contribution is 2.23. The Hall–Kier alpha value is -1.60. The summed E-state index contributed by atoms with van der Waals surface area (Å²) in [5.41, 5.74) is -0.0611. The van der Waals surface area contributed by atoms with Gasteiger partial charge in [-0.3, -0.25) is 0 Å². The van der Waals surface area contributed by atoms with E-state index in [0.29, 0.717) is 0 Å². The number of carboxylic acids is 1. The van der Waals surface area contributed by atoms with E-state index in [9.17, 15) is 18.3 Å². The van der Waals surface area contributed by atoms with Crippen molar-refractivity contribution in [3.63, 3.8) is 0 Å². The van der Waals surface area contributed by atoms with Crippen LogP contribution in [0.1, 0.15) is 10.4 Å². The molecule has 18 heavy (non-hydrogen) atoms. The van der Waals surface area contributed by atoms with Gasteiger partial charge in [-0.15, -0.1) is 0 Å². The predicted molar refractivity (Wildman–Crippen MR) is 62.5 cm³/mol. The van der Waals surface area contributed by atoms with Gasteiger partial charge in [0.25, 0.3) is 0 Å². The number of aliphatic hydroxyl groups is 1. The third-order valence-corrected chi connectivity index (χ3v) is 4.35. The highest BCUT2D eigenvalue weighted by atomic mass is 32.2. The molecule has 1 aliphatic heterocycles. The molecule has 0 aromatic heterocycles. The summed E-state index contributed by atoms with van der Waals surface area (Å²) in [6.07, 6.45) is -2.05. The fourth-order valence-corrected chi connectivity index (χ4v) is 3.48. The van der Waals surface area contributed by atoms with E-state index in [0.717, 1.165) is 0 Å². The zero-order valence-electron chi connectivity index (χ0n) is 9.31. The summed E-state index contributed by atoms with van der Waals surface area (Å²) in [5.74, 6) is -1.76. The van der Waals surface area contributed by atoms with Gasteiger partial charge in [0, 0.05) is 0 Å². The number of para-hydroxylation sites is 1. The number of sulfone groups is 1. The number of aliphatic hydroxyl groups excluding tert-OH is 1. The summed E-state index contributed by atoms with van der Waals surface area (Å²) in [6, 6.07) is 5.91. The Morgan fingerprint density at radius 1 is 1.28 bits per heavy atom. The minimum atomic E-state index is -3.32. The standard InChI is InChI=1S/C11H12O6S/c12-8-5-18(15,16)6-10(8)17-9-4-2-1-3-7(9)11(13)14/h1-4,8,10,12H,5-6H2,(H,13,14). The summed E-state index contributed by atoms with van der Waals surface area (Å²) in [7, 11) is -3.32. The van der Waals surface area contributed by atoms with Gasteiger partial charge in [-0.25, -0.2) is 13.2 Å². The van der Waals surface area contributed by atoms with Gasteiger partial charge in [-0.2, -0.15) is 0 Å². The number of carbonyl (C=O) groups is 1. The van der Waals surface area contributed by atoms with E-state index < -0.39 is 28.0 Å². The molecule has 1 fully saturated rings. The average molecular weight is 272 g/mol. The largest absolute Gasteiger partial charge is 0.486 e. The van der Waals surface area contributed by atoms with Gasteiger partial charge in [0.15, 0.2) is 9.84 Å². The summed E-state index contributed by atoms with van der Waals surface area (Å²) in [6.45, 7) is 0. The van der Waals surface area contributed by atoms with Crippen LogP contribution in [0.15, 0.2) is 24.3 Å². The molecule has 2 rings (SSSR count). The number of benzene rings is 1. The molecule has 2 unspecified atom stereocenters. The number of carboxylic acid groups (broad SMARTS) is 1. The van der Waals surface area contributed by atoms with Gasteiger partial charge in [0.1, 0.15) is 23.5 Å². The van der Waals surface area contributed by atoms with Crippen LogP contribution in [-0.4, -0.2) is 48.3 Å². The van der Waals surface area contributed by atoms with E-state index in [-0.39, 0.29) is 22.8 Å². The summed E-state index contributed by atoms with van der Waals surface area (Å²) < 4.78 is 27.9. The van der Waals surface area contributed by atoms with Crippen LogP contribution in [0.5, 0.6) is 5.75 Å². The fourth-order valence-electron chi connectivity index (χ4n) is 1.82. The maximum absolute atomic E-state index is 11.3. The SMILES string of the molecule is O=C(O)c1ccccc1OC1CS(=O)(=O)CC1O. The van der Waals surface area contributed by atoms with Gasteiger partial charge in [-0.1, -0.05) is 12.1 Å². The van der Waals surface area contributed by atoms with Crippen LogP contribution in [0.3, 0.4) is 0 Å². The number of hydrogen-bond acceptors (Lipinski definition) is 5. The summed E-state index contributed by atoms with van der Waals surface area (Å²) >= 11 is 0. The van der Waals surface area contributed by atoms with E-state index in [1.54, 1.807) is 6.07 Å². The molecule has 98 valence electrons. The summed E-state index contributed by atoms with van der Waals surface area (Å²) in [4.78, 5) is 10.9. The molecule has 6 nitrogen and oxygen atoms in total. The number of rotatable bonds is 3. The molecule has 2 N–H and O–H groups in total. The average Bonchev–Trinajstić information content (AvgIpc) is 2.52. The van der Waals surface area contributed by atoms with Crippen molar-refractivity contribution < 1.29 is 28.2 Å². The van der Waals surface area contributed by atoms with Crippen molar-refractivity contribution in [2.75, 3.05) is 11.5 Å². The number of hydrogen-bond donors (Lipinski definition) is 2. The van der Waals surface area contributed by atoms with Crippen LogP contribution >= 0.6 is 0 Å². The zero-order valence-corrected chi connectivity index (χ0v) is 10.1. The Morgan fingerprint density at radius 3 is 2.50 bits per heavy atom. The molecule has 0 aliphatic carbocycles. The summed E-state index contributed by atoms with van der Waals surface area (Å²) in [5, 5.41) is 18.5. The van der Waals surface area contributed by atoms with Crippen LogP contribution in [0.2, 0.25) is 0 Å². The molecule has 0 bridgehead atoms. The topological polar surface area (TPSA) is 101 Å². The normalized spacial score (nSPS) is 25.8. The first-order chi connectivity index (χ1) is 8.39. The van der Waals surface area contributed by atoms with E-state index in [1.807, 2.05) is 0 Å². The van der Waals surface area contributed by atoms with E-state index >= 15 is 0 Å². The van der Waals surface area contributed by atoms with E-state index in [4.69, 9.17) is 9.84 Å². The van der Waals surface area contributed by atoms with Gasteiger partial charge in [-0.05, 0) is 12.1 Å². The molecule has 0 radical (unpaired) electrons. The first kappa shape index (κ1) is 12.8. The van der Waals surface area contributed by atoms with Crippen molar-refractivity contribution in [3.8, 4) is 5.75 Å². The second-order valence-electron chi connectivity index (χ2n) is 4.10. The molecule has 1 saturated heterocycles. The Morgan fingerprint density at radius 2 is 1.94 bits per heavy atom. The molecule has 1 aliphatic rings. The van der Waals surface area contributed by atoms with Crippen LogP contribution in [0.25, 0.3) is 0 Å². The first-order valence-corrected chi connectivity index (χ1v) is 7.08. The molecule has 2 atom stereocenters. The fraction of sp³-hybridized carbons (Fsp3) is 0.364. The molecule has 0 amide bonds. The highest BCUT2D eigenvalue weighted by Gasteiger charge is 2.38. The third kappa shape index (κ3) is 2.62. The predicted octanol–water partition coefficient (Wildman–Crippen LogP) is -0.0785. The Kier molecular flexibility index (Phi) is 3.27. The second kappa shape index (κ2) is 4.58. The lowest BCUT2D eigenvalue weighted by molar-refractivity contribution is 0.0636. The maximum atomic E-state index is 11.3. The molecule has 1 heterocycles. The van der Waals surface area contributed by atoms with Gasteiger partial charge >= 0.3 is 5.97 Å². The Bertz CT molecular complexity index is 565. The minimum absolute atomic E-state index is 0.0611. The lowest BCUT2D eigenvalue weighted by Crippen LogP contribution is -2.30. The molecule has 0 spiro atoms. The zero-order chi connectivity index (χ0) is 13.3. The van der Waals surface area contributed by atoms with Gasteiger partial charge in [0.2, 0.25) is 0 Å². The van der Waals surface area contributed by atoms with Crippen molar-refractivity contribution >= 4 is 15.8 Å². The molecule has 1 aromatic rings. The van der Waals surface area contributed by atoms with Crippen molar-refractivity contribution in [2.24, 2.45) is 0 Å². The second-order valence-corrected chi connectivity index (χ2v) is 6.26. The van der Waals surface area contributed by atoms with E-state index in [1.165, 1.54) is 18.2 Å². The maximum Gasteiger partial charge on any atom is 0.339 e. The van der Waals surface area contributed by atoms with Crippen LogP contribution in [0.4, 0.5) is 0 Å². The molecule has 7 heteroatoms. The van der Waals surface area contributed by atoms with Crippen LogP contribution < -0.4 is 4.74 Å². The lowest BCUT2D eigenvalue weighted by Gasteiger charge is -2.16. The van der Waals surface area contributed by atoms with Crippen molar-refractivity contribution in [3.05, 3.63) is 29.8 Å². The molecule has 1 aromatic carbocycles. The van der Waals surface area contributed by atoms with Crippen LogP contribution in [-0.2, 0) is 9.84 Å². The van der Waals surface area contributed by atoms with Gasteiger partial charge < -0.3 is 14.9 Å².